The Hall–Kier alpha value is -1.51. The standard InChI is InChI=1S/C14H18N2O/c1-17-13-8-7-12-9-15-14(16(12)10-13)11-5-3-2-4-6-11/h7-11H,2-6H2,1H3. The first-order valence-electron chi connectivity index (χ1n) is 6.39. The highest BCUT2D eigenvalue weighted by Crippen LogP contribution is 2.32. The first-order chi connectivity index (χ1) is 8.38. The number of hydrogen-bond acceptors (Lipinski definition) is 2. The number of methoxy groups -OCH3 is 1. The molecule has 0 radical (unpaired) electrons. The SMILES string of the molecule is COc1ccc2cnc(C3CCCCC3)n2c1. The van der Waals surface area contributed by atoms with Gasteiger partial charge in [-0.05, 0) is 25.0 Å². The van der Waals surface area contributed by atoms with Crippen LogP contribution in [0.25, 0.3) is 5.52 Å². The number of rotatable bonds is 2. The number of imidazole rings is 1. The van der Waals surface area contributed by atoms with Crippen LogP contribution in [0.1, 0.15) is 43.8 Å². The molecule has 90 valence electrons. The van der Waals surface area contributed by atoms with Gasteiger partial charge in [-0.1, -0.05) is 19.3 Å². The molecule has 0 aliphatic heterocycles. The van der Waals surface area contributed by atoms with Crippen LogP contribution in [-0.2, 0) is 0 Å². The van der Waals surface area contributed by atoms with Crippen LogP contribution >= 0.6 is 0 Å². The molecule has 3 rings (SSSR count). The summed E-state index contributed by atoms with van der Waals surface area (Å²) in [6.07, 6.45) is 10.6. The van der Waals surface area contributed by atoms with Crippen LogP contribution in [0.15, 0.2) is 24.5 Å². The molecule has 0 unspecified atom stereocenters. The minimum Gasteiger partial charge on any atom is -0.495 e. The van der Waals surface area contributed by atoms with Gasteiger partial charge in [0.25, 0.3) is 0 Å². The fourth-order valence-corrected chi connectivity index (χ4v) is 2.77. The maximum atomic E-state index is 5.29. The molecule has 3 heteroatoms. The van der Waals surface area contributed by atoms with Crippen molar-refractivity contribution in [3.05, 3.63) is 30.4 Å². The van der Waals surface area contributed by atoms with Crippen LogP contribution in [0.3, 0.4) is 0 Å². The van der Waals surface area contributed by atoms with E-state index in [1.807, 2.05) is 18.5 Å². The van der Waals surface area contributed by atoms with E-state index in [-0.39, 0.29) is 0 Å². The topological polar surface area (TPSA) is 26.5 Å². The van der Waals surface area contributed by atoms with E-state index in [0.717, 1.165) is 11.3 Å². The molecule has 2 aromatic rings. The monoisotopic (exact) mass is 230 g/mol. The molecule has 2 heterocycles. The molecule has 0 atom stereocenters. The number of fused-ring (bicyclic) bond motifs is 1. The van der Waals surface area contributed by atoms with Gasteiger partial charge in [-0.2, -0.15) is 0 Å². The summed E-state index contributed by atoms with van der Waals surface area (Å²) in [5.74, 6) is 2.73. The second-order valence-corrected chi connectivity index (χ2v) is 4.82. The first-order valence-corrected chi connectivity index (χ1v) is 6.39. The molecule has 1 fully saturated rings. The lowest BCUT2D eigenvalue weighted by molar-refractivity contribution is 0.408. The van der Waals surface area contributed by atoms with Crippen molar-refractivity contribution in [2.75, 3.05) is 7.11 Å². The lowest BCUT2D eigenvalue weighted by atomic mass is 9.89. The van der Waals surface area contributed by atoms with E-state index < -0.39 is 0 Å². The van der Waals surface area contributed by atoms with Gasteiger partial charge in [-0.15, -0.1) is 0 Å². The highest BCUT2D eigenvalue weighted by molar-refractivity contribution is 5.48. The number of pyridine rings is 1. The largest absolute Gasteiger partial charge is 0.495 e. The van der Waals surface area contributed by atoms with Crippen LogP contribution in [0, 0.1) is 0 Å². The van der Waals surface area contributed by atoms with Crippen molar-refractivity contribution in [1.29, 1.82) is 0 Å². The predicted octanol–water partition coefficient (Wildman–Crippen LogP) is 3.39. The van der Waals surface area contributed by atoms with Gasteiger partial charge in [0.15, 0.2) is 0 Å². The maximum absolute atomic E-state index is 5.29. The Bertz CT molecular complexity index is 512. The molecule has 0 amide bonds. The Morgan fingerprint density at radius 2 is 2.06 bits per heavy atom. The average Bonchev–Trinajstić information content (AvgIpc) is 2.82. The lowest BCUT2D eigenvalue weighted by Gasteiger charge is -2.20. The van der Waals surface area contributed by atoms with Crippen LogP contribution in [0.2, 0.25) is 0 Å². The molecule has 1 saturated carbocycles. The molecule has 0 spiro atoms. The quantitative estimate of drug-likeness (QED) is 0.790. The highest BCUT2D eigenvalue weighted by Gasteiger charge is 2.19. The Balaban J connectivity index is 2.02. The van der Waals surface area contributed by atoms with Gasteiger partial charge in [0.1, 0.15) is 11.6 Å². The molecule has 0 saturated heterocycles. The number of nitrogens with zero attached hydrogens (tertiary/aromatic N) is 2. The maximum Gasteiger partial charge on any atom is 0.135 e. The molecule has 0 aromatic carbocycles. The smallest absolute Gasteiger partial charge is 0.135 e. The average molecular weight is 230 g/mol. The molecular formula is C14H18N2O. The fourth-order valence-electron chi connectivity index (χ4n) is 2.77. The van der Waals surface area contributed by atoms with Crippen LogP contribution in [0.4, 0.5) is 0 Å². The highest BCUT2D eigenvalue weighted by atomic mass is 16.5. The zero-order valence-electron chi connectivity index (χ0n) is 10.2. The molecule has 3 nitrogen and oxygen atoms in total. The second kappa shape index (κ2) is 4.40. The van der Waals surface area contributed by atoms with E-state index in [1.54, 1.807) is 7.11 Å². The Kier molecular flexibility index (Phi) is 2.75. The van der Waals surface area contributed by atoms with Crippen LogP contribution in [0.5, 0.6) is 5.75 Å². The van der Waals surface area contributed by atoms with E-state index in [2.05, 4.69) is 15.5 Å². The molecule has 1 aliphatic rings. The Morgan fingerprint density at radius 3 is 2.82 bits per heavy atom. The lowest BCUT2D eigenvalue weighted by Crippen LogP contribution is -2.08. The number of hydrogen-bond donors (Lipinski definition) is 0. The van der Waals surface area contributed by atoms with Crippen molar-refractivity contribution >= 4 is 5.52 Å². The van der Waals surface area contributed by atoms with Crippen molar-refractivity contribution in [3.8, 4) is 5.75 Å². The van der Waals surface area contributed by atoms with E-state index in [0.29, 0.717) is 5.92 Å². The molecular weight excluding hydrogens is 212 g/mol. The van der Waals surface area contributed by atoms with Crippen molar-refractivity contribution in [3.63, 3.8) is 0 Å². The van der Waals surface area contributed by atoms with Gasteiger partial charge in [0.2, 0.25) is 0 Å². The predicted molar refractivity (Wildman–Crippen MR) is 67.6 cm³/mol. The molecule has 0 bridgehead atoms. The summed E-state index contributed by atoms with van der Waals surface area (Å²) < 4.78 is 7.47. The van der Waals surface area contributed by atoms with E-state index >= 15 is 0 Å². The summed E-state index contributed by atoms with van der Waals surface area (Å²) >= 11 is 0. The van der Waals surface area contributed by atoms with E-state index in [1.165, 1.54) is 37.9 Å². The summed E-state index contributed by atoms with van der Waals surface area (Å²) in [5, 5.41) is 0. The van der Waals surface area contributed by atoms with Crippen LogP contribution < -0.4 is 4.74 Å². The third-order valence-corrected chi connectivity index (χ3v) is 3.73. The van der Waals surface area contributed by atoms with E-state index in [4.69, 9.17) is 4.74 Å². The van der Waals surface area contributed by atoms with Crippen molar-refractivity contribution in [2.45, 2.75) is 38.0 Å². The van der Waals surface area contributed by atoms with Crippen molar-refractivity contribution in [1.82, 2.24) is 9.38 Å². The van der Waals surface area contributed by atoms with Gasteiger partial charge in [-0.25, -0.2) is 4.98 Å². The van der Waals surface area contributed by atoms with Gasteiger partial charge in [-0.3, -0.25) is 4.40 Å². The normalized spacial score (nSPS) is 17.5. The minimum absolute atomic E-state index is 0.623. The van der Waals surface area contributed by atoms with Gasteiger partial charge in [0.05, 0.1) is 25.0 Å². The zero-order valence-corrected chi connectivity index (χ0v) is 10.2. The third kappa shape index (κ3) is 1.90. The Labute approximate surface area is 101 Å². The second-order valence-electron chi connectivity index (χ2n) is 4.82. The van der Waals surface area contributed by atoms with Gasteiger partial charge < -0.3 is 4.74 Å². The summed E-state index contributed by atoms with van der Waals surface area (Å²) in [5.41, 5.74) is 1.16. The molecule has 1 aliphatic carbocycles. The van der Waals surface area contributed by atoms with Gasteiger partial charge >= 0.3 is 0 Å². The molecule has 17 heavy (non-hydrogen) atoms. The Morgan fingerprint density at radius 1 is 1.24 bits per heavy atom. The minimum atomic E-state index is 0.623. The summed E-state index contributed by atoms with van der Waals surface area (Å²) in [6.45, 7) is 0. The molecule has 2 aromatic heterocycles. The first kappa shape index (κ1) is 10.6. The van der Waals surface area contributed by atoms with Crippen molar-refractivity contribution in [2.24, 2.45) is 0 Å². The summed E-state index contributed by atoms with van der Waals surface area (Å²) in [6, 6.07) is 4.06. The number of aromatic nitrogens is 2. The summed E-state index contributed by atoms with van der Waals surface area (Å²) in [7, 11) is 1.71. The summed E-state index contributed by atoms with van der Waals surface area (Å²) in [4.78, 5) is 4.60. The number of ether oxygens (including phenoxy) is 1. The third-order valence-electron chi connectivity index (χ3n) is 3.73. The van der Waals surface area contributed by atoms with Gasteiger partial charge in [0, 0.05) is 5.92 Å². The molecule has 0 N–H and O–H groups in total. The zero-order chi connectivity index (χ0) is 11.7. The van der Waals surface area contributed by atoms with Crippen LogP contribution in [-0.4, -0.2) is 16.5 Å². The fraction of sp³-hybridized carbons (Fsp3) is 0.500. The van der Waals surface area contributed by atoms with E-state index in [9.17, 15) is 0 Å². The van der Waals surface area contributed by atoms with Crippen molar-refractivity contribution < 1.29 is 4.74 Å².